The molecule has 0 aliphatic heterocycles. The summed E-state index contributed by atoms with van der Waals surface area (Å²) < 4.78 is 9.38. The molecule has 5 heteroatoms. The number of rotatable bonds is 4. The number of hydrogen-bond acceptors (Lipinski definition) is 5. The Bertz CT molecular complexity index is 190. The maximum atomic E-state index is 10.7. The van der Waals surface area contributed by atoms with Crippen molar-refractivity contribution in [3.05, 3.63) is 0 Å². The van der Waals surface area contributed by atoms with E-state index in [0.29, 0.717) is 5.90 Å². The Morgan fingerprint density at radius 2 is 2.00 bits per heavy atom. The molecule has 76 valence electrons. The largest absolute Gasteiger partial charge is 0.483 e. The molecule has 1 N–H and O–H groups in total. The lowest BCUT2D eigenvalue weighted by Gasteiger charge is -2.07. The summed E-state index contributed by atoms with van der Waals surface area (Å²) in [6, 6.07) is 0. The van der Waals surface area contributed by atoms with Crippen molar-refractivity contribution in [2.45, 2.75) is 13.8 Å². The van der Waals surface area contributed by atoms with Crippen LogP contribution in [0.15, 0.2) is 5.10 Å². The van der Waals surface area contributed by atoms with Gasteiger partial charge in [0.05, 0.1) is 14.2 Å². The van der Waals surface area contributed by atoms with Gasteiger partial charge in [0.15, 0.2) is 0 Å². The van der Waals surface area contributed by atoms with Crippen molar-refractivity contribution in [3.8, 4) is 0 Å². The van der Waals surface area contributed by atoms with Crippen LogP contribution in [0, 0.1) is 5.92 Å². The van der Waals surface area contributed by atoms with Gasteiger partial charge in [-0.05, 0) is 0 Å². The maximum absolute atomic E-state index is 10.7. The van der Waals surface area contributed by atoms with Gasteiger partial charge in [-0.2, -0.15) is 0 Å². The Kier molecular flexibility index (Phi) is 5.67. The SMILES string of the molecule is COC(=O)CN/N=C(\OC)C(C)C. The minimum Gasteiger partial charge on any atom is -0.483 e. The summed E-state index contributed by atoms with van der Waals surface area (Å²) in [5.41, 5.74) is 2.56. The number of ether oxygens (including phenoxy) is 2. The molecule has 0 saturated heterocycles. The van der Waals surface area contributed by atoms with Crippen LogP contribution in [0.3, 0.4) is 0 Å². The van der Waals surface area contributed by atoms with Crippen molar-refractivity contribution in [1.29, 1.82) is 0 Å². The fourth-order valence-electron chi connectivity index (χ4n) is 0.665. The standard InChI is InChI=1S/C8H16N2O3/c1-6(2)8(13-4)10-9-5-7(11)12-3/h6,9H,5H2,1-4H3/b10-8-. The molecule has 0 fully saturated rings. The lowest BCUT2D eigenvalue weighted by Crippen LogP contribution is -2.23. The van der Waals surface area contributed by atoms with Gasteiger partial charge in [-0.15, -0.1) is 5.10 Å². The molecular weight excluding hydrogens is 172 g/mol. The number of nitrogens with one attached hydrogen (secondary N) is 1. The van der Waals surface area contributed by atoms with Gasteiger partial charge in [-0.1, -0.05) is 13.8 Å². The second-order valence-corrected chi connectivity index (χ2v) is 2.72. The molecule has 0 bridgehead atoms. The molecule has 0 radical (unpaired) electrons. The number of nitrogens with zero attached hydrogens (tertiary/aromatic N) is 1. The third-order valence-corrected chi connectivity index (χ3v) is 1.34. The van der Waals surface area contributed by atoms with E-state index in [0.717, 1.165) is 0 Å². The molecule has 0 aromatic carbocycles. The van der Waals surface area contributed by atoms with Gasteiger partial charge in [0.25, 0.3) is 0 Å². The fourth-order valence-corrected chi connectivity index (χ4v) is 0.665. The van der Waals surface area contributed by atoms with Gasteiger partial charge in [0.1, 0.15) is 6.54 Å². The van der Waals surface area contributed by atoms with Crippen LogP contribution in [0.2, 0.25) is 0 Å². The molecule has 0 atom stereocenters. The summed E-state index contributed by atoms with van der Waals surface area (Å²) in [5, 5.41) is 3.87. The summed E-state index contributed by atoms with van der Waals surface area (Å²) in [5.74, 6) is 0.391. The molecule has 0 aliphatic rings. The monoisotopic (exact) mass is 188 g/mol. The smallest absolute Gasteiger partial charge is 0.326 e. The van der Waals surface area contributed by atoms with Crippen LogP contribution in [0.25, 0.3) is 0 Å². The van der Waals surface area contributed by atoms with E-state index in [4.69, 9.17) is 4.74 Å². The zero-order valence-corrected chi connectivity index (χ0v) is 8.46. The summed E-state index contributed by atoms with van der Waals surface area (Å²) in [4.78, 5) is 10.7. The minimum absolute atomic E-state index is 0.0517. The number of hydrazone groups is 1. The van der Waals surface area contributed by atoms with E-state index >= 15 is 0 Å². The first-order valence-corrected chi connectivity index (χ1v) is 4.03. The van der Waals surface area contributed by atoms with Gasteiger partial charge in [0, 0.05) is 5.92 Å². The van der Waals surface area contributed by atoms with Gasteiger partial charge in [0.2, 0.25) is 5.90 Å². The highest BCUT2D eigenvalue weighted by Gasteiger charge is 2.04. The van der Waals surface area contributed by atoms with E-state index in [2.05, 4.69) is 15.3 Å². The van der Waals surface area contributed by atoms with Crippen molar-refractivity contribution in [1.82, 2.24) is 5.43 Å². The van der Waals surface area contributed by atoms with Gasteiger partial charge in [-0.25, -0.2) is 0 Å². The lowest BCUT2D eigenvalue weighted by molar-refractivity contribution is -0.139. The lowest BCUT2D eigenvalue weighted by atomic mass is 10.2. The van der Waals surface area contributed by atoms with Gasteiger partial charge in [-0.3, -0.25) is 10.2 Å². The number of carbonyl (C=O) groups is 1. The Morgan fingerprint density at radius 3 is 2.38 bits per heavy atom. The average molecular weight is 188 g/mol. The molecule has 13 heavy (non-hydrogen) atoms. The molecule has 0 heterocycles. The predicted octanol–water partition coefficient (Wildman–Crippen LogP) is 0.365. The van der Waals surface area contributed by atoms with E-state index < -0.39 is 0 Å². The van der Waals surface area contributed by atoms with Crippen LogP contribution in [-0.2, 0) is 14.3 Å². The van der Waals surface area contributed by atoms with Gasteiger partial charge >= 0.3 is 5.97 Å². The van der Waals surface area contributed by atoms with Crippen LogP contribution in [0.4, 0.5) is 0 Å². The second-order valence-electron chi connectivity index (χ2n) is 2.72. The summed E-state index contributed by atoms with van der Waals surface area (Å²) in [6.07, 6.45) is 0. The summed E-state index contributed by atoms with van der Waals surface area (Å²) >= 11 is 0. The van der Waals surface area contributed by atoms with Crippen LogP contribution in [0.1, 0.15) is 13.8 Å². The first-order chi connectivity index (χ1) is 6.11. The van der Waals surface area contributed by atoms with Crippen LogP contribution < -0.4 is 5.43 Å². The zero-order chi connectivity index (χ0) is 10.3. The van der Waals surface area contributed by atoms with Crippen molar-refractivity contribution in [2.75, 3.05) is 20.8 Å². The number of carbonyl (C=O) groups excluding carboxylic acids is 1. The normalized spacial score (nSPS) is 11.3. The highest BCUT2D eigenvalue weighted by Crippen LogP contribution is 1.96. The highest BCUT2D eigenvalue weighted by atomic mass is 16.5. The summed E-state index contributed by atoms with van der Waals surface area (Å²) in [6.45, 7) is 3.94. The molecular formula is C8H16N2O3. The van der Waals surface area contributed by atoms with E-state index in [9.17, 15) is 4.79 Å². The molecule has 0 aromatic rings. The van der Waals surface area contributed by atoms with Crippen molar-refractivity contribution in [2.24, 2.45) is 11.0 Å². The number of esters is 1. The summed E-state index contributed by atoms with van der Waals surface area (Å²) in [7, 11) is 2.87. The minimum atomic E-state index is -0.358. The Labute approximate surface area is 78.1 Å². The fraction of sp³-hybridized carbons (Fsp3) is 0.750. The molecule has 0 spiro atoms. The molecule has 0 rings (SSSR count). The van der Waals surface area contributed by atoms with Crippen LogP contribution in [-0.4, -0.2) is 32.6 Å². The third kappa shape index (κ3) is 5.05. The van der Waals surface area contributed by atoms with E-state index in [1.165, 1.54) is 7.11 Å². The molecule has 0 saturated carbocycles. The predicted molar refractivity (Wildman–Crippen MR) is 49.3 cm³/mol. The first kappa shape index (κ1) is 11.7. The van der Waals surface area contributed by atoms with Crippen LogP contribution >= 0.6 is 0 Å². The van der Waals surface area contributed by atoms with E-state index in [1.54, 1.807) is 7.11 Å². The second kappa shape index (κ2) is 6.28. The quantitative estimate of drug-likeness (QED) is 0.299. The third-order valence-electron chi connectivity index (χ3n) is 1.34. The Hall–Kier alpha value is -1.26. The first-order valence-electron chi connectivity index (χ1n) is 4.03. The molecule has 5 nitrogen and oxygen atoms in total. The zero-order valence-electron chi connectivity index (χ0n) is 8.46. The molecule has 0 amide bonds. The highest BCUT2D eigenvalue weighted by molar-refractivity contribution is 5.78. The van der Waals surface area contributed by atoms with Crippen molar-refractivity contribution >= 4 is 11.9 Å². The van der Waals surface area contributed by atoms with Gasteiger partial charge < -0.3 is 9.47 Å². The van der Waals surface area contributed by atoms with Crippen molar-refractivity contribution in [3.63, 3.8) is 0 Å². The maximum Gasteiger partial charge on any atom is 0.326 e. The topological polar surface area (TPSA) is 59.9 Å². The number of methoxy groups -OCH3 is 2. The molecule has 0 aromatic heterocycles. The number of hydrogen-bond donors (Lipinski definition) is 1. The Morgan fingerprint density at radius 1 is 1.38 bits per heavy atom. The average Bonchev–Trinajstić information content (AvgIpc) is 2.11. The van der Waals surface area contributed by atoms with E-state index in [-0.39, 0.29) is 18.4 Å². The Balaban J connectivity index is 3.87. The molecule has 0 aliphatic carbocycles. The van der Waals surface area contributed by atoms with E-state index in [1.807, 2.05) is 13.8 Å². The molecule has 0 unspecified atom stereocenters. The van der Waals surface area contributed by atoms with Crippen molar-refractivity contribution < 1.29 is 14.3 Å². The van der Waals surface area contributed by atoms with Crippen LogP contribution in [0.5, 0.6) is 0 Å².